The summed E-state index contributed by atoms with van der Waals surface area (Å²) in [4.78, 5) is 27.8. The van der Waals surface area contributed by atoms with E-state index in [0.717, 1.165) is 40.2 Å². The van der Waals surface area contributed by atoms with Crippen molar-refractivity contribution < 1.29 is 22.4 Å². The zero-order valence-electron chi connectivity index (χ0n) is 19.8. The number of aryl methyl sites for hydroxylation is 1. The third-order valence-electron chi connectivity index (χ3n) is 5.28. The summed E-state index contributed by atoms with van der Waals surface area (Å²) in [5.41, 5.74) is 1.91. The first-order valence-electron chi connectivity index (χ1n) is 11.0. The lowest BCUT2D eigenvalue weighted by Gasteiger charge is -2.33. The molecule has 34 heavy (non-hydrogen) atoms. The Hall–Kier alpha value is -2.65. The smallest absolute Gasteiger partial charge is 0.244 e. The topological polar surface area (TPSA) is 86.8 Å². The van der Waals surface area contributed by atoms with Crippen molar-refractivity contribution in [3.63, 3.8) is 0 Å². The number of anilines is 1. The minimum absolute atomic E-state index is 0.0565. The molecule has 0 spiro atoms. The van der Waals surface area contributed by atoms with Gasteiger partial charge in [-0.05, 0) is 43.5 Å². The van der Waals surface area contributed by atoms with Crippen LogP contribution in [-0.4, -0.2) is 50.5 Å². The van der Waals surface area contributed by atoms with Crippen molar-refractivity contribution in [1.82, 2.24) is 10.2 Å². The van der Waals surface area contributed by atoms with E-state index in [-0.39, 0.29) is 23.2 Å². The van der Waals surface area contributed by atoms with Gasteiger partial charge in [-0.2, -0.15) is 0 Å². The number of carbonyl (C=O) groups excluding carboxylic acids is 2. The van der Waals surface area contributed by atoms with Crippen molar-refractivity contribution in [3.05, 3.63) is 64.4 Å². The fraction of sp³-hybridized carbons (Fsp3) is 0.417. The van der Waals surface area contributed by atoms with Crippen LogP contribution in [0.4, 0.5) is 10.1 Å². The van der Waals surface area contributed by atoms with Gasteiger partial charge >= 0.3 is 0 Å². The Balaban J connectivity index is 2.43. The summed E-state index contributed by atoms with van der Waals surface area (Å²) < 4.78 is 39.6. The number of hydrogen-bond acceptors (Lipinski definition) is 4. The van der Waals surface area contributed by atoms with E-state index < -0.39 is 34.3 Å². The highest BCUT2D eigenvalue weighted by Crippen LogP contribution is 2.25. The fourth-order valence-electron chi connectivity index (χ4n) is 3.43. The fourth-order valence-corrected chi connectivity index (χ4v) is 4.45. The summed E-state index contributed by atoms with van der Waals surface area (Å²) in [6.07, 6.45) is 2.03. The average molecular weight is 512 g/mol. The number of rotatable bonds is 11. The maximum atomic E-state index is 13.6. The average Bonchev–Trinajstić information content (AvgIpc) is 2.78. The van der Waals surface area contributed by atoms with Crippen LogP contribution in [0, 0.1) is 12.7 Å². The molecule has 186 valence electrons. The van der Waals surface area contributed by atoms with Gasteiger partial charge in [0.25, 0.3) is 0 Å². The molecule has 2 aromatic rings. The lowest BCUT2D eigenvalue weighted by molar-refractivity contribution is -0.140. The lowest BCUT2D eigenvalue weighted by atomic mass is 10.1. The van der Waals surface area contributed by atoms with E-state index in [4.69, 9.17) is 11.6 Å². The Morgan fingerprint density at radius 2 is 1.76 bits per heavy atom. The van der Waals surface area contributed by atoms with Crippen molar-refractivity contribution in [2.75, 3.05) is 23.7 Å². The molecule has 0 saturated heterocycles. The molecule has 0 aliphatic carbocycles. The maximum absolute atomic E-state index is 13.6. The monoisotopic (exact) mass is 511 g/mol. The van der Waals surface area contributed by atoms with Crippen LogP contribution in [0.15, 0.2) is 42.5 Å². The van der Waals surface area contributed by atoms with E-state index in [1.54, 1.807) is 6.92 Å². The summed E-state index contributed by atoms with van der Waals surface area (Å²) in [6.45, 7) is 5.68. The molecule has 0 fully saturated rings. The Morgan fingerprint density at radius 3 is 2.29 bits per heavy atom. The zero-order chi connectivity index (χ0) is 25.5. The van der Waals surface area contributed by atoms with Gasteiger partial charge in [0.15, 0.2) is 0 Å². The van der Waals surface area contributed by atoms with Crippen molar-refractivity contribution in [3.8, 4) is 0 Å². The van der Waals surface area contributed by atoms with Gasteiger partial charge in [0, 0.05) is 13.1 Å². The first-order chi connectivity index (χ1) is 16.0. The second kappa shape index (κ2) is 12.2. The Morgan fingerprint density at radius 1 is 1.12 bits per heavy atom. The van der Waals surface area contributed by atoms with Crippen LogP contribution in [-0.2, 0) is 26.2 Å². The van der Waals surface area contributed by atoms with Crippen LogP contribution >= 0.6 is 11.6 Å². The lowest BCUT2D eigenvalue weighted by Crippen LogP contribution is -2.52. The van der Waals surface area contributed by atoms with Crippen molar-refractivity contribution in [2.24, 2.45) is 0 Å². The van der Waals surface area contributed by atoms with Crippen LogP contribution in [0.25, 0.3) is 0 Å². The molecule has 10 heteroatoms. The van der Waals surface area contributed by atoms with E-state index in [1.807, 2.05) is 38.1 Å². The number of nitrogens with one attached hydrogen (secondary N) is 1. The molecule has 1 N–H and O–H groups in total. The molecule has 1 atom stereocenters. The van der Waals surface area contributed by atoms with Crippen LogP contribution in [0.5, 0.6) is 0 Å². The van der Waals surface area contributed by atoms with E-state index in [9.17, 15) is 22.4 Å². The van der Waals surface area contributed by atoms with Crippen molar-refractivity contribution in [2.45, 2.75) is 46.2 Å². The molecule has 2 amide bonds. The molecule has 0 saturated carbocycles. The van der Waals surface area contributed by atoms with Gasteiger partial charge in [-0.15, -0.1) is 0 Å². The quantitative estimate of drug-likeness (QED) is 0.496. The molecule has 0 unspecified atom stereocenters. The highest BCUT2D eigenvalue weighted by atomic mass is 35.5. The molecular weight excluding hydrogens is 481 g/mol. The SMILES string of the molecule is CCCNC(=O)[C@H](CC)N(Cc1ccc(C)cc1)C(=O)CN(c1ccc(F)c(Cl)c1)S(C)(=O)=O. The summed E-state index contributed by atoms with van der Waals surface area (Å²) in [5, 5.41) is 2.56. The molecule has 2 aromatic carbocycles. The zero-order valence-corrected chi connectivity index (χ0v) is 21.4. The van der Waals surface area contributed by atoms with Gasteiger partial charge in [-0.25, -0.2) is 12.8 Å². The van der Waals surface area contributed by atoms with Gasteiger partial charge in [-0.1, -0.05) is 55.3 Å². The van der Waals surface area contributed by atoms with Gasteiger partial charge in [-0.3, -0.25) is 13.9 Å². The standard InChI is InChI=1S/C24H31ClFN3O4S/c1-5-13-27-24(31)22(6-2)28(15-18-9-7-17(3)8-10-18)23(30)16-29(34(4,32)33)19-11-12-21(26)20(25)14-19/h7-12,14,22H,5-6,13,15-16H2,1-4H3,(H,27,31)/t22-/m0/s1. The van der Waals surface area contributed by atoms with Gasteiger partial charge in [0.05, 0.1) is 17.0 Å². The number of halogens is 2. The molecule has 0 radical (unpaired) electrons. The first kappa shape index (κ1) is 27.6. The third-order valence-corrected chi connectivity index (χ3v) is 6.71. The molecule has 7 nitrogen and oxygen atoms in total. The summed E-state index contributed by atoms with van der Waals surface area (Å²) >= 11 is 5.85. The summed E-state index contributed by atoms with van der Waals surface area (Å²) in [5.74, 6) is -1.57. The predicted molar refractivity (Wildman–Crippen MR) is 133 cm³/mol. The Kier molecular flexibility index (Phi) is 9.88. The highest BCUT2D eigenvalue weighted by molar-refractivity contribution is 7.92. The van der Waals surface area contributed by atoms with Crippen molar-refractivity contribution >= 4 is 39.1 Å². The number of benzene rings is 2. The van der Waals surface area contributed by atoms with Crippen LogP contribution in [0.1, 0.15) is 37.8 Å². The molecule has 0 aliphatic rings. The Labute approximate surface area is 205 Å². The third kappa shape index (κ3) is 7.43. The maximum Gasteiger partial charge on any atom is 0.244 e. The second-order valence-corrected chi connectivity index (χ2v) is 10.4. The number of sulfonamides is 1. The molecule has 0 aromatic heterocycles. The van der Waals surface area contributed by atoms with E-state index >= 15 is 0 Å². The molecule has 0 heterocycles. The molecular formula is C24H31ClFN3O4S. The number of carbonyl (C=O) groups is 2. The number of nitrogens with zero attached hydrogens (tertiary/aromatic N) is 2. The van der Waals surface area contributed by atoms with Gasteiger partial charge in [0.1, 0.15) is 18.4 Å². The van der Waals surface area contributed by atoms with Gasteiger partial charge < -0.3 is 10.2 Å². The number of amides is 2. The molecule has 2 rings (SSSR count). The normalized spacial score (nSPS) is 12.2. The highest BCUT2D eigenvalue weighted by Gasteiger charge is 2.31. The van der Waals surface area contributed by atoms with Gasteiger partial charge in [0.2, 0.25) is 21.8 Å². The number of hydrogen-bond donors (Lipinski definition) is 1. The van der Waals surface area contributed by atoms with E-state index in [0.29, 0.717) is 13.0 Å². The van der Waals surface area contributed by atoms with E-state index in [1.165, 1.54) is 11.0 Å². The first-order valence-corrected chi connectivity index (χ1v) is 13.3. The van der Waals surface area contributed by atoms with E-state index in [2.05, 4.69) is 5.32 Å². The Bertz CT molecular complexity index is 1110. The van der Waals surface area contributed by atoms with Crippen molar-refractivity contribution in [1.29, 1.82) is 0 Å². The minimum Gasteiger partial charge on any atom is -0.354 e. The molecule has 0 bridgehead atoms. The van der Waals surface area contributed by atoms with Crippen LogP contribution < -0.4 is 9.62 Å². The second-order valence-electron chi connectivity index (χ2n) is 8.09. The minimum atomic E-state index is -3.92. The summed E-state index contributed by atoms with van der Waals surface area (Å²) in [7, 11) is -3.92. The predicted octanol–water partition coefficient (Wildman–Crippen LogP) is 3.89. The molecule has 0 aliphatic heterocycles. The van der Waals surface area contributed by atoms with Crippen LogP contribution in [0.2, 0.25) is 5.02 Å². The largest absolute Gasteiger partial charge is 0.354 e. The van der Waals surface area contributed by atoms with Crippen LogP contribution in [0.3, 0.4) is 0 Å². The summed E-state index contributed by atoms with van der Waals surface area (Å²) in [6, 6.07) is 10.2.